The van der Waals surface area contributed by atoms with Gasteiger partial charge in [0.05, 0.1) is 5.92 Å². The van der Waals surface area contributed by atoms with E-state index in [4.69, 9.17) is 25.8 Å². The SMILES string of the molecule is CCCCCCCCC(c1ccc(CCCl)cc1)C(OCC)(OCC)OCC. The molecule has 0 aliphatic carbocycles. The molecule has 0 saturated heterocycles. The molecule has 28 heavy (non-hydrogen) atoms. The van der Waals surface area contributed by atoms with E-state index in [1.165, 1.54) is 43.2 Å². The van der Waals surface area contributed by atoms with Gasteiger partial charge in [0.25, 0.3) is 5.97 Å². The van der Waals surface area contributed by atoms with Crippen molar-refractivity contribution in [3.05, 3.63) is 35.4 Å². The van der Waals surface area contributed by atoms with E-state index in [9.17, 15) is 0 Å². The van der Waals surface area contributed by atoms with Crippen LogP contribution in [0.25, 0.3) is 0 Å². The Balaban J connectivity index is 3.02. The van der Waals surface area contributed by atoms with Gasteiger partial charge in [-0.15, -0.1) is 11.6 Å². The maximum Gasteiger partial charge on any atom is 0.290 e. The number of unbranched alkanes of at least 4 members (excludes halogenated alkanes) is 5. The highest BCUT2D eigenvalue weighted by atomic mass is 35.5. The van der Waals surface area contributed by atoms with E-state index in [2.05, 4.69) is 31.2 Å². The Hall–Kier alpha value is -0.610. The summed E-state index contributed by atoms with van der Waals surface area (Å²) in [4.78, 5) is 0. The first kappa shape index (κ1) is 25.4. The van der Waals surface area contributed by atoms with Crippen LogP contribution in [0.5, 0.6) is 0 Å². The molecule has 1 atom stereocenters. The van der Waals surface area contributed by atoms with Crippen LogP contribution in [0.3, 0.4) is 0 Å². The minimum atomic E-state index is -1.02. The molecule has 1 aromatic carbocycles. The van der Waals surface area contributed by atoms with Crippen molar-refractivity contribution in [3.63, 3.8) is 0 Å². The second kappa shape index (κ2) is 15.3. The molecule has 0 saturated carbocycles. The highest BCUT2D eigenvalue weighted by Crippen LogP contribution is 2.38. The minimum Gasteiger partial charge on any atom is -0.327 e. The highest BCUT2D eigenvalue weighted by Gasteiger charge is 2.42. The maximum atomic E-state index is 6.13. The summed E-state index contributed by atoms with van der Waals surface area (Å²) >= 11 is 5.90. The van der Waals surface area contributed by atoms with E-state index < -0.39 is 5.97 Å². The fourth-order valence-corrected chi connectivity index (χ4v) is 3.95. The van der Waals surface area contributed by atoms with Gasteiger partial charge in [-0.1, -0.05) is 69.7 Å². The number of aryl methyl sites for hydroxylation is 1. The van der Waals surface area contributed by atoms with Crippen molar-refractivity contribution >= 4 is 11.6 Å². The maximum absolute atomic E-state index is 6.13. The molecule has 0 aromatic heterocycles. The summed E-state index contributed by atoms with van der Waals surface area (Å²) in [5.74, 6) is -0.333. The third-order valence-corrected chi connectivity index (χ3v) is 5.26. The number of halogens is 1. The molecule has 162 valence electrons. The average molecular weight is 413 g/mol. The zero-order valence-electron chi connectivity index (χ0n) is 18.5. The summed E-state index contributed by atoms with van der Waals surface area (Å²) in [5.41, 5.74) is 2.47. The van der Waals surface area contributed by atoms with Gasteiger partial charge < -0.3 is 14.2 Å². The number of hydrogen-bond acceptors (Lipinski definition) is 3. The van der Waals surface area contributed by atoms with Crippen LogP contribution in [0.15, 0.2) is 24.3 Å². The summed E-state index contributed by atoms with van der Waals surface area (Å²) < 4.78 is 18.4. The molecular formula is C24H41ClO3. The van der Waals surface area contributed by atoms with Gasteiger partial charge in [0.15, 0.2) is 0 Å². The van der Waals surface area contributed by atoms with E-state index >= 15 is 0 Å². The van der Waals surface area contributed by atoms with Crippen LogP contribution < -0.4 is 0 Å². The Morgan fingerprint density at radius 1 is 0.786 bits per heavy atom. The second-order valence-corrected chi connectivity index (χ2v) is 7.57. The quantitative estimate of drug-likeness (QED) is 0.155. The van der Waals surface area contributed by atoms with Gasteiger partial charge in [0.2, 0.25) is 0 Å². The Kier molecular flexibility index (Phi) is 13.9. The van der Waals surface area contributed by atoms with Crippen molar-refractivity contribution in [2.24, 2.45) is 0 Å². The van der Waals surface area contributed by atoms with Crippen molar-refractivity contribution in [3.8, 4) is 0 Å². The molecular weight excluding hydrogens is 372 g/mol. The first-order valence-electron chi connectivity index (χ1n) is 11.2. The molecule has 0 heterocycles. The van der Waals surface area contributed by atoms with Gasteiger partial charge in [0.1, 0.15) is 0 Å². The van der Waals surface area contributed by atoms with Gasteiger partial charge in [-0.2, -0.15) is 0 Å². The third kappa shape index (κ3) is 8.41. The van der Waals surface area contributed by atoms with Crippen molar-refractivity contribution in [1.29, 1.82) is 0 Å². The Morgan fingerprint density at radius 3 is 1.82 bits per heavy atom. The van der Waals surface area contributed by atoms with Crippen molar-refractivity contribution < 1.29 is 14.2 Å². The summed E-state index contributed by atoms with van der Waals surface area (Å²) in [6.07, 6.45) is 9.47. The van der Waals surface area contributed by atoms with Crippen LogP contribution in [-0.4, -0.2) is 31.7 Å². The van der Waals surface area contributed by atoms with Crippen molar-refractivity contribution in [2.75, 3.05) is 25.7 Å². The molecule has 0 aliphatic rings. The molecule has 0 aliphatic heterocycles. The number of ether oxygens (including phenoxy) is 3. The van der Waals surface area contributed by atoms with E-state index in [1.807, 2.05) is 20.8 Å². The molecule has 1 rings (SSSR count). The molecule has 4 heteroatoms. The lowest BCUT2D eigenvalue weighted by molar-refractivity contribution is -0.389. The fraction of sp³-hybridized carbons (Fsp3) is 0.750. The lowest BCUT2D eigenvalue weighted by atomic mass is 9.89. The Bertz CT molecular complexity index is 472. The van der Waals surface area contributed by atoms with Gasteiger partial charge in [-0.05, 0) is 44.7 Å². The average Bonchev–Trinajstić information content (AvgIpc) is 2.69. The molecule has 0 bridgehead atoms. The Labute approximate surface area is 178 Å². The van der Waals surface area contributed by atoms with Gasteiger partial charge in [-0.3, -0.25) is 0 Å². The first-order valence-corrected chi connectivity index (χ1v) is 11.8. The zero-order chi connectivity index (χ0) is 20.7. The molecule has 1 unspecified atom stereocenters. The van der Waals surface area contributed by atoms with Crippen LogP contribution in [-0.2, 0) is 20.6 Å². The third-order valence-electron chi connectivity index (χ3n) is 5.07. The largest absolute Gasteiger partial charge is 0.327 e. The van der Waals surface area contributed by atoms with Gasteiger partial charge in [-0.25, -0.2) is 0 Å². The fourth-order valence-electron chi connectivity index (χ4n) is 3.73. The summed E-state index contributed by atoms with van der Waals surface area (Å²) in [6, 6.07) is 8.71. The highest BCUT2D eigenvalue weighted by molar-refractivity contribution is 6.17. The molecule has 3 nitrogen and oxygen atoms in total. The molecule has 0 N–H and O–H groups in total. The lowest BCUT2D eigenvalue weighted by Gasteiger charge is -2.39. The second-order valence-electron chi connectivity index (χ2n) is 7.19. The van der Waals surface area contributed by atoms with Gasteiger partial charge in [0, 0.05) is 25.7 Å². The van der Waals surface area contributed by atoms with Crippen LogP contribution in [0.2, 0.25) is 0 Å². The standard InChI is InChI=1S/C24H41ClO3/c1-5-9-10-11-12-13-14-23(22-17-15-21(16-18-22)19-20-25)24(26-6-2,27-7-3)28-8-4/h15-18,23H,5-14,19-20H2,1-4H3. The number of benzene rings is 1. The first-order chi connectivity index (χ1) is 13.7. The lowest BCUT2D eigenvalue weighted by Crippen LogP contribution is -2.45. The summed E-state index contributed by atoms with van der Waals surface area (Å²) in [6.45, 7) is 9.91. The van der Waals surface area contributed by atoms with Gasteiger partial charge >= 0.3 is 0 Å². The molecule has 0 amide bonds. The van der Waals surface area contributed by atoms with E-state index in [1.54, 1.807) is 0 Å². The number of hydrogen-bond donors (Lipinski definition) is 0. The zero-order valence-corrected chi connectivity index (χ0v) is 19.2. The smallest absolute Gasteiger partial charge is 0.290 e. The monoisotopic (exact) mass is 412 g/mol. The predicted octanol–water partition coefficient (Wildman–Crippen LogP) is 7.07. The van der Waals surface area contributed by atoms with E-state index in [0.29, 0.717) is 25.7 Å². The number of rotatable bonds is 17. The van der Waals surface area contributed by atoms with Crippen LogP contribution in [0.4, 0.5) is 0 Å². The van der Waals surface area contributed by atoms with Crippen LogP contribution >= 0.6 is 11.6 Å². The normalized spacial score (nSPS) is 13.0. The summed E-state index contributed by atoms with van der Waals surface area (Å²) in [5, 5.41) is 0. The summed E-state index contributed by atoms with van der Waals surface area (Å²) in [7, 11) is 0. The van der Waals surface area contributed by atoms with Crippen molar-refractivity contribution in [2.45, 2.75) is 91.0 Å². The molecule has 0 radical (unpaired) electrons. The van der Waals surface area contributed by atoms with Crippen molar-refractivity contribution in [1.82, 2.24) is 0 Å². The topological polar surface area (TPSA) is 27.7 Å². The predicted molar refractivity (Wildman–Crippen MR) is 119 cm³/mol. The number of alkyl halides is 1. The molecule has 0 spiro atoms. The van der Waals surface area contributed by atoms with E-state index in [-0.39, 0.29) is 5.92 Å². The minimum absolute atomic E-state index is 0.0450. The van der Waals surface area contributed by atoms with E-state index in [0.717, 1.165) is 19.3 Å². The van der Waals surface area contributed by atoms with Crippen LogP contribution in [0.1, 0.15) is 89.7 Å². The molecule has 1 aromatic rings. The van der Waals surface area contributed by atoms with Crippen LogP contribution in [0, 0.1) is 0 Å². The Morgan fingerprint density at radius 2 is 1.32 bits per heavy atom. The molecule has 0 fully saturated rings.